The smallest absolute Gasteiger partial charge is 0.355 e. The van der Waals surface area contributed by atoms with Crippen LogP contribution in [0.3, 0.4) is 0 Å². The number of rotatable bonds is 30. The van der Waals surface area contributed by atoms with Gasteiger partial charge in [0, 0.05) is 58.5 Å². The van der Waals surface area contributed by atoms with E-state index in [-0.39, 0.29) is 19.1 Å². The van der Waals surface area contributed by atoms with Crippen molar-refractivity contribution in [2.45, 2.75) is 136 Å². The van der Waals surface area contributed by atoms with Gasteiger partial charge >= 0.3 is 10.4 Å². The summed E-state index contributed by atoms with van der Waals surface area (Å²) in [5.41, 5.74) is 0. The molecule has 0 aromatic rings. The lowest BCUT2D eigenvalue weighted by molar-refractivity contribution is -0.121. The van der Waals surface area contributed by atoms with E-state index in [0.717, 1.165) is 32.5 Å². The first kappa shape index (κ1) is 43.4. The van der Waals surface area contributed by atoms with Crippen molar-refractivity contribution in [3.8, 4) is 12.1 Å². The van der Waals surface area contributed by atoms with Crippen molar-refractivity contribution < 1.29 is 21.6 Å². The van der Waals surface area contributed by atoms with Crippen molar-refractivity contribution in [2.24, 2.45) is 0 Å². The summed E-state index contributed by atoms with van der Waals surface area (Å²) in [7, 11) is -3.68. The Morgan fingerprint density at radius 2 is 1.12 bits per heavy atom. The van der Waals surface area contributed by atoms with Crippen LogP contribution in [0.25, 0.3) is 0 Å². The molecule has 0 atom stereocenters. The monoisotopic (exact) mass is 629 g/mol. The Bertz CT molecular complexity index is 787. The first-order valence-electron chi connectivity index (χ1n) is 16.8. The quantitative estimate of drug-likeness (QED) is 0.0864. The van der Waals surface area contributed by atoms with Gasteiger partial charge in [0.25, 0.3) is 0 Å². The van der Waals surface area contributed by atoms with Crippen LogP contribution < -0.4 is 10.6 Å². The van der Waals surface area contributed by atoms with E-state index in [1.807, 2.05) is 0 Å². The Morgan fingerprint density at radius 1 is 0.651 bits per heavy atom. The number of nitrogens with one attached hydrogen (secondary N) is 2. The van der Waals surface area contributed by atoms with Crippen LogP contribution in [-0.4, -0.2) is 71.7 Å². The zero-order valence-corrected chi connectivity index (χ0v) is 28.5. The van der Waals surface area contributed by atoms with Crippen molar-refractivity contribution in [1.29, 1.82) is 10.5 Å². The lowest BCUT2D eigenvalue weighted by Crippen LogP contribution is -2.39. The second kappa shape index (κ2) is 34.7. The van der Waals surface area contributed by atoms with Gasteiger partial charge in [-0.25, -0.2) is 8.37 Å². The van der Waals surface area contributed by atoms with E-state index in [1.54, 1.807) is 13.8 Å². The van der Waals surface area contributed by atoms with Gasteiger partial charge in [0.05, 0.1) is 25.4 Å². The average Bonchev–Trinajstić information content (AvgIpc) is 2.97. The minimum Gasteiger partial charge on any atom is -0.355 e. The molecule has 0 fully saturated rings. The topological polar surface area (TPSA) is 145 Å². The highest BCUT2D eigenvalue weighted by Crippen LogP contribution is 2.13. The first-order chi connectivity index (χ1) is 20.9. The van der Waals surface area contributed by atoms with Crippen molar-refractivity contribution in [1.82, 2.24) is 15.5 Å². The number of carbonyl (C=O) groups excluding carboxylic acids is 1. The zero-order chi connectivity index (χ0) is 32.3. The van der Waals surface area contributed by atoms with E-state index >= 15 is 0 Å². The van der Waals surface area contributed by atoms with Crippen LogP contribution in [0.5, 0.6) is 0 Å². The van der Waals surface area contributed by atoms with Gasteiger partial charge in [-0.3, -0.25) is 9.69 Å². The normalized spacial score (nSPS) is 11.0. The Kier molecular flexibility index (Phi) is 35.0. The van der Waals surface area contributed by atoms with Crippen LogP contribution in [0.2, 0.25) is 0 Å². The maximum absolute atomic E-state index is 12.1. The molecule has 0 saturated heterocycles. The van der Waals surface area contributed by atoms with Crippen LogP contribution in [0, 0.1) is 22.7 Å². The van der Waals surface area contributed by atoms with Gasteiger partial charge in [0.15, 0.2) is 0 Å². The predicted molar refractivity (Wildman–Crippen MR) is 174 cm³/mol. The molecule has 0 heterocycles. The van der Waals surface area contributed by atoms with Crippen molar-refractivity contribution in [3.63, 3.8) is 0 Å². The summed E-state index contributed by atoms with van der Waals surface area (Å²) < 4.78 is 29.2. The maximum atomic E-state index is 12.1. The summed E-state index contributed by atoms with van der Waals surface area (Å²) in [5, 5.41) is 23.7. The largest absolute Gasteiger partial charge is 0.399 e. The van der Waals surface area contributed by atoms with E-state index in [4.69, 9.17) is 10.5 Å². The van der Waals surface area contributed by atoms with E-state index < -0.39 is 10.4 Å². The third kappa shape index (κ3) is 36.3. The summed E-state index contributed by atoms with van der Waals surface area (Å²) in [6.45, 7) is 10.1. The van der Waals surface area contributed by atoms with Gasteiger partial charge in [0.2, 0.25) is 5.91 Å². The molecule has 0 rings (SSSR count). The Labute approximate surface area is 264 Å². The molecule has 0 radical (unpaired) electrons. The predicted octanol–water partition coefficient (Wildman–Crippen LogP) is 6.39. The molecule has 10 nitrogen and oxygen atoms in total. The SMILES string of the molecule is CCCCCCCCCCCCCCCCCC(=O)NCCN(CCC#N)CCNCCC#N.CCOS(=O)(=O)OCC. The number of hydrogen-bond acceptors (Lipinski definition) is 9. The second-order valence-corrected chi connectivity index (χ2v) is 12.0. The minimum atomic E-state index is -3.68. The highest BCUT2D eigenvalue weighted by atomic mass is 32.3. The zero-order valence-electron chi connectivity index (χ0n) is 27.7. The van der Waals surface area contributed by atoms with Crippen LogP contribution in [0.15, 0.2) is 0 Å². The first-order valence-corrected chi connectivity index (χ1v) is 18.2. The highest BCUT2D eigenvalue weighted by Gasteiger charge is 2.07. The Morgan fingerprint density at radius 3 is 1.58 bits per heavy atom. The van der Waals surface area contributed by atoms with Crippen LogP contribution in [0.4, 0.5) is 0 Å². The van der Waals surface area contributed by atoms with Crippen molar-refractivity contribution >= 4 is 16.3 Å². The summed E-state index contributed by atoms with van der Waals surface area (Å²) in [4.78, 5) is 14.3. The molecule has 0 unspecified atom stereocenters. The molecule has 2 N–H and O–H groups in total. The van der Waals surface area contributed by atoms with Gasteiger partial charge in [0.1, 0.15) is 0 Å². The van der Waals surface area contributed by atoms with Crippen LogP contribution >= 0.6 is 0 Å². The third-order valence-electron chi connectivity index (χ3n) is 6.84. The second-order valence-electron chi connectivity index (χ2n) is 10.7. The van der Waals surface area contributed by atoms with E-state index in [0.29, 0.717) is 38.9 Å². The molecule has 0 aliphatic carbocycles. The lowest BCUT2D eigenvalue weighted by Gasteiger charge is -2.21. The fourth-order valence-electron chi connectivity index (χ4n) is 4.47. The molecule has 0 aromatic heterocycles. The third-order valence-corrected chi connectivity index (χ3v) is 7.89. The van der Waals surface area contributed by atoms with E-state index in [9.17, 15) is 13.2 Å². The highest BCUT2D eigenvalue weighted by molar-refractivity contribution is 7.81. The number of amides is 1. The molecular formula is C32H63N5O5S. The van der Waals surface area contributed by atoms with Gasteiger partial charge in [-0.2, -0.15) is 18.9 Å². The van der Waals surface area contributed by atoms with E-state index in [1.165, 1.54) is 83.5 Å². The molecule has 11 heteroatoms. The van der Waals surface area contributed by atoms with Gasteiger partial charge in [-0.1, -0.05) is 96.8 Å². The van der Waals surface area contributed by atoms with Crippen LogP contribution in [0.1, 0.15) is 136 Å². The fraction of sp³-hybridized carbons (Fsp3) is 0.906. The summed E-state index contributed by atoms with van der Waals surface area (Å²) in [6, 6.07) is 4.30. The molecule has 43 heavy (non-hydrogen) atoms. The summed E-state index contributed by atoms with van der Waals surface area (Å²) in [6.07, 6.45) is 21.6. The fourth-order valence-corrected chi connectivity index (χ4v) is 5.12. The number of carbonyl (C=O) groups is 1. The maximum Gasteiger partial charge on any atom is 0.399 e. The van der Waals surface area contributed by atoms with Gasteiger partial charge < -0.3 is 10.6 Å². The molecule has 0 bridgehead atoms. The van der Waals surface area contributed by atoms with Crippen LogP contribution in [-0.2, 0) is 23.6 Å². The van der Waals surface area contributed by atoms with E-state index in [2.05, 4.69) is 43.0 Å². The number of unbranched alkanes of at least 4 members (excludes halogenated alkanes) is 14. The number of nitriles is 2. The van der Waals surface area contributed by atoms with Crippen molar-refractivity contribution in [3.05, 3.63) is 0 Å². The number of nitrogens with zero attached hydrogens (tertiary/aromatic N) is 3. The van der Waals surface area contributed by atoms with Crippen molar-refractivity contribution in [2.75, 3.05) is 52.5 Å². The minimum absolute atomic E-state index is 0.113. The standard InChI is InChI=1S/C28H53N5O.C4H10O4S/c1-2-3-4-5-6-7-8-9-10-11-12-13-14-15-16-19-28(34)32-24-27-33(25-18-21-30)26-23-31-22-17-20-29;1-3-7-9(5,6)8-4-2/h31H,2-19,22-27H2,1H3,(H,32,34);3-4H2,1-2H3. The summed E-state index contributed by atoms with van der Waals surface area (Å²) in [5.74, 6) is 0.141. The number of hydrogen-bond donors (Lipinski definition) is 2. The molecular weight excluding hydrogens is 566 g/mol. The molecule has 0 aliphatic heterocycles. The molecule has 1 amide bonds. The molecule has 252 valence electrons. The lowest BCUT2D eigenvalue weighted by atomic mass is 10.0. The van der Waals surface area contributed by atoms with Gasteiger partial charge in [-0.15, -0.1) is 0 Å². The Hall–Kier alpha value is -1.76. The summed E-state index contributed by atoms with van der Waals surface area (Å²) >= 11 is 0. The molecule has 0 aliphatic rings. The molecule has 0 aromatic carbocycles. The van der Waals surface area contributed by atoms with Gasteiger partial charge in [-0.05, 0) is 20.3 Å². The molecule has 0 spiro atoms. The molecule has 0 saturated carbocycles. The Balaban J connectivity index is 0. The average molecular weight is 630 g/mol.